The number of amides is 3. The van der Waals surface area contributed by atoms with Crippen LogP contribution in [-0.2, 0) is 32.9 Å². The first-order valence-electron chi connectivity index (χ1n) is 20.8. The van der Waals surface area contributed by atoms with Crippen molar-refractivity contribution in [1.29, 1.82) is 0 Å². The van der Waals surface area contributed by atoms with Gasteiger partial charge in [-0.25, -0.2) is 9.48 Å². The van der Waals surface area contributed by atoms with Gasteiger partial charge in [-0.15, -0.1) is 0 Å². The molecular weight excluding hydrogens is 832 g/mol. The zero-order valence-corrected chi connectivity index (χ0v) is 35.7. The van der Waals surface area contributed by atoms with Gasteiger partial charge in [0.2, 0.25) is 17.7 Å². The molecule has 0 bridgehead atoms. The van der Waals surface area contributed by atoms with Gasteiger partial charge in [-0.2, -0.15) is 23.3 Å². The van der Waals surface area contributed by atoms with Crippen molar-refractivity contribution in [3.05, 3.63) is 119 Å². The Morgan fingerprint density at radius 3 is 2.28 bits per heavy atom. The van der Waals surface area contributed by atoms with Crippen LogP contribution in [-0.4, -0.2) is 83.9 Å². The number of hydrogen-bond donors (Lipinski definition) is 4. The second kappa shape index (κ2) is 18.8. The highest BCUT2D eigenvalue weighted by atomic mass is 19.4. The molecule has 2 aliphatic rings. The summed E-state index contributed by atoms with van der Waals surface area (Å²) < 4.78 is 38.9. The Labute approximate surface area is 366 Å². The minimum Gasteiger partial charge on any atom is -0.475 e. The van der Waals surface area contributed by atoms with Gasteiger partial charge in [0.1, 0.15) is 17.1 Å². The van der Waals surface area contributed by atoms with Gasteiger partial charge in [0.25, 0.3) is 11.7 Å². The molecule has 334 valence electrons. The first-order chi connectivity index (χ1) is 30.4. The van der Waals surface area contributed by atoms with E-state index in [1.165, 1.54) is 11.1 Å². The summed E-state index contributed by atoms with van der Waals surface area (Å²) in [6.07, 6.45) is 1.75. The minimum absolute atomic E-state index is 0.0269. The van der Waals surface area contributed by atoms with Crippen LogP contribution in [0.1, 0.15) is 91.1 Å². The largest absolute Gasteiger partial charge is 0.490 e. The summed E-state index contributed by atoms with van der Waals surface area (Å²) in [4.78, 5) is 56.6. The van der Waals surface area contributed by atoms with Crippen LogP contribution >= 0.6 is 0 Å². The van der Waals surface area contributed by atoms with E-state index < -0.39 is 12.1 Å². The van der Waals surface area contributed by atoms with Crippen molar-refractivity contribution >= 4 is 40.4 Å². The van der Waals surface area contributed by atoms with E-state index in [-0.39, 0.29) is 35.0 Å². The predicted molar refractivity (Wildman–Crippen MR) is 230 cm³/mol. The van der Waals surface area contributed by atoms with E-state index in [9.17, 15) is 27.6 Å². The molecule has 64 heavy (non-hydrogen) atoms. The number of hydrogen-bond acceptors (Lipinski definition) is 11. The van der Waals surface area contributed by atoms with Crippen LogP contribution in [0.15, 0.2) is 89.7 Å². The van der Waals surface area contributed by atoms with Crippen molar-refractivity contribution in [2.24, 2.45) is 0 Å². The molecule has 5 heterocycles. The number of benzene rings is 3. The molecule has 3 aromatic heterocycles. The van der Waals surface area contributed by atoms with Crippen molar-refractivity contribution in [1.82, 2.24) is 40.4 Å². The number of carboxylic acid groups (broad SMARTS) is 1. The third-order valence-corrected chi connectivity index (χ3v) is 11.2. The van der Waals surface area contributed by atoms with E-state index in [1.54, 1.807) is 0 Å². The number of aliphatic carboxylic acids is 1. The number of piperidine rings is 2. The van der Waals surface area contributed by atoms with Gasteiger partial charge < -0.3 is 20.3 Å². The fraction of sp³-hybridized carbons (Fsp3) is 0.348. The van der Waals surface area contributed by atoms with E-state index >= 15 is 0 Å². The summed E-state index contributed by atoms with van der Waals surface area (Å²) in [5.74, 6) is -2.65. The van der Waals surface area contributed by atoms with Gasteiger partial charge in [0.15, 0.2) is 0 Å². The Bertz CT molecular complexity index is 2650. The minimum atomic E-state index is -5.08. The van der Waals surface area contributed by atoms with Gasteiger partial charge in [-0.05, 0) is 103 Å². The molecule has 0 saturated carbocycles. The number of aryl methyl sites for hydroxylation is 1. The molecule has 0 radical (unpaired) electrons. The molecule has 1 unspecified atom stereocenters. The van der Waals surface area contributed by atoms with Crippen LogP contribution in [0.5, 0.6) is 0 Å². The fourth-order valence-corrected chi connectivity index (χ4v) is 7.54. The number of anilines is 1. The van der Waals surface area contributed by atoms with Gasteiger partial charge in [-0.1, -0.05) is 68.4 Å². The van der Waals surface area contributed by atoms with E-state index in [0.717, 1.165) is 77.1 Å². The first-order valence-corrected chi connectivity index (χ1v) is 20.8. The standard InChI is InChI=1S/C44H47N9O4.C2HF3O2/c1-27-23-31(7-8-32(27)24-46-42(56)40-49-43(57-51-40)44(2,3)4)35-17-20-45-37-26-53(50-39(35)37)34-13-5-28(6-14-34)25-52-21-18-30(19-22-52)29-9-11-33(12-10-29)47-36-15-16-38(54)48-41(36)55;3-2(4,5)1(6)7/h5-14,17,20,23,26,30,36,47H,15-16,18-19,21-22,24-25H2,1-4H3,(H,46,56)(H,48,54,55);(H,6,7). The Hall–Kier alpha value is -6.95. The van der Waals surface area contributed by atoms with Crippen LogP contribution in [0, 0.1) is 6.92 Å². The van der Waals surface area contributed by atoms with Crippen LogP contribution < -0.4 is 16.0 Å². The third-order valence-electron chi connectivity index (χ3n) is 11.2. The second-order valence-electron chi connectivity index (χ2n) is 17.0. The highest BCUT2D eigenvalue weighted by Crippen LogP contribution is 2.31. The lowest BCUT2D eigenvalue weighted by molar-refractivity contribution is -0.192. The summed E-state index contributed by atoms with van der Waals surface area (Å²) in [5, 5.41) is 24.5. The second-order valence-corrected chi connectivity index (χ2v) is 17.0. The van der Waals surface area contributed by atoms with Gasteiger partial charge >= 0.3 is 12.1 Å². The highest BCUT2D eigenvalue weighted by Gasteiger charge is 2.38. The number of aromatic nitrogens is 5. The van der Waals surface area contributed by atoms with Crippen molar-refractivity contribution in [2.45, 2.75) is 90.0 Å². The van der Waals surface area contributed by atoms with E-state index in [0.29, 0.717) is 31.2 Å². The quantitative estimate of drug-likeness (QED) is 0.101. The molecule has 0 spiro atoms. The van der Waals surface area contributed by atoms with E-state index in [1.807, 2.05) is 75.1 Å². The molecule has 0 aliphatic carbocycles. The number of likely N-dealkylation sites (tertiary alicyclic amines) is 1. The summed E-state index contributed by atoms with van der Waals surface area (Å²) in [6.45, 7) is 11.2. The predicted octanol–water partition coefficient (Wildman–Crippen LogP) is 7.24. The highest BCUT2D eigenvalue weighted by molar-refractivity contribution is 6.01. The number of nitrogens with zero attached hydrogens (tertiary/aromatic N) is 6. The lowest BCUT2D eigenvalue weighted by Gasteiger charge is -2.32. The van der Waals surface area contributed by atoms with E-state index in [4.69, 9.17) is 19.5 Å². The summed E-state index contributed by atoms with van der Waals surface area (Å²) in [5.41, 5.74) is 9.76. The molecule has 1 atom stereocenters. The van der Waals surface area contributed by atoms with Crippen LogP contribution in [0.25, 0.3) is 27.8 Å². The SMILES string of the molecule is Cc1cc(-c2ccnc3cn(-c4ccc(CN5CCC(c6ccc(NC7CCC(=O)NC7=O)cc6)CC5)cc4)nc23)ccc1CNC(=O)c1noc(C(C)(C)C)n1.O=C(O)C(F)(F)F. The van der Waals surface area contributed by atoms with E-state index in [2.05, 4.69) is 78.4 Å². The molecule has 18 heteroatoms. The molecule has 3 aromatic carbocycles. The molecule has 3 amide bonds. The molecule has 4 N–H and O–H groups in total. The van der Waals surface area contributed by atoms with Crippen molar-refractivity contribution < 1.29 is 42.0 Å². The van der Waals surface area contributed by atoms with Crippen molar-refractivity contribution in [2.75, 3.05) is 18.4 Å². The number of alkyl halides is 3. The molecular formula is C46H48F3N9O6. The normalized spacial score (nSPS) is 16.2. The number of halogens is 3. The fourth-order valence-electron chi connectivity index (χ4n) is 7.54. The number of carbonyl (C=O) groups is 4. The summed E-state index contributed by atoms with van der Waals surface area (Å²) in [7, 11) is 0. The molecule has 6 aromatic rings. The average molecular weight is 880 g/mol. The number of fused-ring (bicyclic) bond motifs is 1. The molecule has 15 nitrogen and oxygen atoms in total. The lowest BCUT2D eigenvalue weighted by Crippen LogP contribution is -2.47. The lowest BCUT2D eigenvalue weighted by atomic mass is 9.89. The maximum atomic E-state index is 12.7. The van der Waals surface area contributed by atoms with Gasteiger partial charge in [-0.3, -0.25) is 29.6 Å². The number of carboxylic acids is 1. The number of pyridine rings is 1. The Morgan fingerprint density at radius 2 is 1.66 bits per heavy atom. The summed E-state index contributed by atoms with van der Waals surface area (Å²) in [6, 6.07) is 24.8. The molecule has 2 saturated heterocycles. The number of carbonyl (C=O) groups excluding carboxylic acids is 3. The molecule has 2 fully saturated rings. The number of rotatable bonds is 10. The van der Waals surface area contributed by atoms with Crippen LogP contribution in [0.4, 0.5) is 18.9 Å². The Morgan fingerprint density at radius 1 is 0.953 bits per heavy atom. The Balaban J connectivity index is 0.000000809. The number of imide groups is 1. The zero-order chi connectivity index (χ0) is 45.8. The smallest absolute Gasteiger partial charge is 0.475 e. The molecule has 8 rings (SSSR count). The van der Waals surface area contributed by atoms with Gasteiger partial charge in [0.05, 0.1) is 11.9 Å². The van der Waals surface area contributed by atoms with Crippen molar-refractivity contribution in [3.8, 4) is 16.8 Å². The summed E-state index contributed by atoms with van der Waals surface area (Å²) >= 11 is 0. The monoisotopic (exact) mass is 879 g/mol. The van der Waals surface area contributed by atoms with Crippen molar-refractivity contribution in [3.63, 3.8) is 0 Å². The molecule has 2 aliphatic heterocycles. The average Bonchev–Trinajstić information content (AvgIpc) is 3.94. The maximum Gasteiger partial charge on any atom is 0.490 e. The van der Waals surface area contributed by atoms with Crippen LogP contribution in [0.2, 0.25) is 0 Å². The maximum absolute atomic E-state index is 12.7. The van der Waals surface area contributed by atoms with Gasteiger partial charge in [0, 0.05) is 42.4 Å². The number of nitrogens with one attached hydrogen (secondary N) is 3. The first kappa shape index (κ1) is 45.1. The zero-order valence-electron chi connectivity index (χ0n) is 35.7. The topological polar surface area (TPSA) is 197 Å². The van der Waals surface area contributed by atoms with Crippen LogP contribution in [0.3, 0.4) is 0 Å². The third kappa shape index (κ3) is 11.0. The Kier molecular flexibility index (Phi) is 13.2.